The standard InChI is InChI=1S/C8H8F3IN2O2/c1-16-7(15)6-5(12)4-14(13-6)3-2-8(9,10)11/h4H,2-3H2,1H3. The van der Waals surface area contributed by atoms with E-state index in [9.17, 15) is 18.0 Å². The largest absolute Gasteiger partial charge is 0.464 e. The fraction of sp³-hybridized carbons (Fsp3) is 0.500. The van der Waals surface area contributed by atoms with E-state index in [1.165, 1.54) is 13.3 Å². The van der Waals surface area contributed by atoms with Crippen LogP contribution in [-0.4, -0.2) is 29.0 Å². The van der Waals surface area contributed by atoms with Gasteiger partial charge in [-0.1, -0.05) is 0 Å². The van der Waals surface area contributed by atoms with Gasteiger partial charge in [0.2, 0.25) is 0 Å². The third-order valence-corrected chi connectivity index (χ3v) is 2.51. The van der Waals surface area contributed by atoms with E-state index >= 15 is 0 Å². The number of hydrogen-bond acceptors (Lipinski definition) is 3. The molecule has 4 nitrogen and oxygen atoms in total. The van der Waals surface area contributed by atoms with Gasteiger partial charge in [0.25, 0.3) is 0 Å². The number of alkyl halides is 3. The highest BCUT2D eigenvalue weighted by molar-refractivity contribution is 14.1. The molecule has 1 aromatic heterocycles. The van der Waals surface area contributed by atoms with E-state index in [-0.39, 0.29) is 12.2 Å². The monoisotopic (exact) mass is 348 g/mol. The third-order valence-electron chi connectivity index (χ3n) is 1.72. The number of aromatic nitrogens is 2. The van der Waals surface area contributed by atoms with E-state index in [1.807, 2.05) is 22.6 Å². The van der Waals surface area contributed by atoms with Crippen LogP contribution < -0.4 is 0 Å². The Kier molecular flexibility index (Phi) is 4.16. The topological polar surface area (TPSA) is 44.1 Å². The third kappa shape index (κ3) is 3.65. The zero-order valence-corrected chi connectivity index (χ0v) is 10.4. The summed E-state index contributed by atoms with van der Waals surface area (Å²) in [5.41, 5.74) is 0.0327. The van der Waals surface area contributed by atoms with Gasteiger partial charge in [0.15, 0.2) is 5.69 Å². The van der Waals surface area contributed by atoms with Crippen LogP contribution in [0.2, 0.25) is 0 Å². The first-order valence-corrected chi connectivity index (χ1v) is 5.29. The van der Waals surface area contributed by atoms with Gasteiger partial charge >= 0.3 is 12.1 Å². The smallest absolute Gasteiger partial charge is 0.390 e. The second-order valence-corrected chi connectivity index (χ2v) is 4.11. The zero-order chi connectivity index (χ0) is 12.3. The molecule has 0 aliphatic carbocycles. The van der Waals surface area contributed by atoms with Crippen LogP contribution in [0.4, 0.5) is 13.2 Å². The Balaban J connectivity index is 2.74. The minimum atomic E-state index is -4.23. The van der Waals surface area contributed by atoms with Crippen molar-refractivity contribution < 1.29 is 22.7 Å². The maximum absolute atomic E-state index is 11.9. The molecule has 0 saturated carbocycles. The molecule has 0 radical (unpaired) electrons. The maximum Gasteiger partial charge on any atom is 0.390 e. The summed E-state index contributed by atoms with van der Waals surface area (Å²) in [5, 5.41) is 3.72. The number of hydrogen-bond donors (Lipinski definition) is 0. The van der Waals surface area contributed by atoms with E-state index in [2.05, 4.69) is 9.84 Å². The minimum absolute atomic E-state index is 0.0327. The summed E-state index contributed by atoms with van der Waals surface area (Å²) >= 11 is 1.81. The lowest BCUT2D eigenvalue weighted by molar-refractivity contribution is -0.137. The van der Waals surface area contributed by atoms with Gasteiger partial charge in [-0.2, -0.15) is 18.3 Å². The average molecular weight is 348 g/mol. The van der Waals surface area contributed by atoms with Crippen molar-refractivity contribution in [2.24, 2.45) is 0 Å². The van der Waals surface area contributed by atoms with Gasteiger partial charge in [-0.3, -0.25) is 4.68 Å². The Bertz CT molecular complexity index is 389. The number of halogens is 4. The molecule has 1 aromatic rings. The lowest BCUT2D eigenvalue weighted by Gasteiger charge is -2.05. The van der Waals surface area contributed by atoms with Crippen molar-refractivity contribution in [3.63, 3.8) is 0 Å². The molecule has 90 valence electrons. The summed E-state index contributed by atoms with van der Waals surface area (Å²) in [7, 11) is 1.19. The summed E-state index contributed by atoms with van der Waals surface area (Å²) in [6.45, 7) is -0.309. The van der Waals surface area contributed by atoms with Crippen molar-refractivity contribution in [3.8, 4) is 0 Å². The highest BCUT2D eigenvalue weighted by atomic mass is 127. The number of ether oxygens (including phenoxy) is 1. The van der Waals surface area contributed by atoms with Gasteiger partial charge < -0.3 is 4.74 Å². The quantitative estimate of drug-likeness (QED) is 0.622. The molecule has 0 unspecified atom stereocenters. The van der Waals surface area contributed by atoms with Crippen molar-refractivity contribution in [1.82, 2.24) is 9.78 Å². The van der Waals surface area contributed by atoms with Crippen LogP contribution in [0.25, 0.3) is 0 Å². The van der Waals surface area contributed by atoms with E-state index in [0.29, 0.717) is 3.57 Å². The van der Waals surface area contributed by atoms with Crippen LogP contribution in [0.5, 0.6) is 0 Å². The summed E-state index contributed by atoms with van der Waals surface area (Å²) in [5.74, 6) is -0.657. The Hall–Kier alpha value is -0.800. The van der Waals surface area contributed by atoms with Gasteiger partial charge in [0.05, 0.1) is 17.1 Å². The fourth-order valence-corrected chi connectivity index (χ4v) is 1.64. The molecule has 0 N–H and O–H groups in total. The highest BCUT2D eigenvalue weighted by Gasteiger charge is 2.27. The molecule has 0 spiro atoms. The Morgan fingerprint density at radius 1 is 1.62 bits per heavy atom. The molecule has 0 bridgehead atoms. The summed E-state index contributed by atoms with van der Waals surface area (Å²) in [6.07, 6.45) is -3.84. The number of esters is 1. The van der Waals surface area contributed by atoms with Crippen LogP contribution in [-0.2, 0) is 11.3 Å². The van der Waals surface area contributed by atoms with E-state index in [4.69, 9.17) is 0 Å². The molecular weight excluding hydrogens is 340 g/mol. The van der Waals surface area contributed by atoms with E-state index in [1.54, 1.807) is 0 Å². The predicted molar refractivity (Wildman–Crippen MR) is 57.0 cm³/mol. The molecule has 0 aliphatic heterocycles. The van der Waals surface area contributed by atoms with E-state index in [0.717, 1.165) is 4.68 Å². The lowest BCUT2D eigenvalue weighted by Crippen LogP contribution is -2.13. The van der Waals surface area contributed by atoms with Crippen LogP contribution >= 0.6 is 22.6 Å². The van der Waals surface area contributed by atoms with Crippen molar-refractivity contribution in [2.45, 2.75) is 19.1 Å². The Morgan fingerprint density at radius 2 is 2.25 bits per heavy atom. The highest BCUT2D eigenvalue weighted by Crippen LogP contribution is 2.20. The van der Waals surface area contributed by atoms with Crippen LogP contribution in [0.15, 0.2) is 6.20 Å². The first-order chi connectivity index (χ1) is 7.33. The van der Waals surface area contributed by atoms with Crippen LogP contribution in [0, 0.1) is 3.57 Å². The van der Waals surface area contributed by atoms with E-state index < -0.39 is 18.6 Å². The molecule has 16 heavy (non-hydrogen) atoms. The molecule has 0 atom stereocenters. The Morgan fingerprint density at radius 3 is 2.75 bits per heavy atom. The first-order valence-electron chi connectivity index (χ1n) is 4.21. The zero-order valence-electron chi connectivity index (χ0n) is 8.21. The van der Waals surface area contributed by atoms with Crippen LogP contribution in [0.3, 0.4) is 0 Å². The van der Waals surface area contributed by atoms with Crippen molar-refractivity contribution in [2.75, 3.05) is 7.11 Å². The normalized spacial score (nSPS) is 11.6. The minimum Gasteiger partial charge on any atom is -0.464 e. The SMILES string of the molecule is COC(=O)c1nn(CCC(F)(F)F)cc1I. The molecule has 0 aromatic carbocycles. The maximum atomic E-state index is 11.9. The van der Waals surface area contributed by atoms with Gasteiger partial charge in [0, 0.05) is 12.7 Å². The van der Waals surface area contributed by atoms with Gasteiger partial charge in [-0.25, -0.2) is 4.79 Å². The van der Waals surface area contributed by atoms with Gasteiger partial charge in [0.1, 0.15) is 0 Å². The molecule has 0 saturated heterocycles. The predicted octanol–water partition coefficient (Wildman–Crippen LogP) is 2.23. The molecule has 8 heteroatoms. The summed E-state index contributed by atoms with van der Waals surface area (Å²) < 4.78 is 41.8. The molecule has 0 amide bonds. The molecule has 0 fully saturated rings. The number of carbonyl (C=O) groups is 1. The summed E-state index contributed by atoms with van der Waals surface area (Å²) in [4.78, 5) is 11.1. The Labute approximate surface area is 103 Å². The number of methoxy groups -OCH3 is 1. The lowest BCUT2D eigenvalue weighted by atomic mass is 10.4. The molecular formula is C8H8F3IN2O2. The van der Waals surface area contributed by atoms with Crippen molar-refractivity contribution >= 4 is 28.6 Å². The van der Waals surface area contributed by atoms with Crippen molar-refractivity contribution in [1.29, 1.82) is 0 Å². The number of carbonyl (C=O) groups excluding carboxylic acids is 1. The van der Waals surface area contributed by atoms with Gasteiger partial charge in [-0.15, -0.1) is 0 Å². The first kappa shape index (κ1) is 13.3. The summed E-state index contributed by atoms with van der Waals surface area (Å²) in [6, 6.07) is 0. The molecule has 0 aliphatic rings. The van der Waals surface area contributed by atoms with Crippen molar-refractivity contribution in [3.05, 3.63) is 15.5 Å². The fourth-order valence-electron chi connectivity index (χ4n) is 0.988. The van der Waals surface area contributed by atoms with Crippen LogP contribution in [0.1, 0.15) is 16.9 Å². The number of aryl methyl sites for hydroxylation is 1. The molecule has 1 heterocycles. The average Bonchev–Trinajstić information content (AvgIpc) is 2.55. The van der Waals surface area contributed by atoms with Gasteiger partial charge in [-0.05, 0) is 22.6 Å². The molecule has 1 rings (SSSR count). The number of nitrogens with zero attached hydrogens (tertiary/aromatic N) is 2. The second-order valence-electron chi connectivity index (χ2n) is 2.95. The second kappa shape index (κ2) is 5.02. The number of rotatable bonds is 3.